The third-order valence-corrected chi connectivity index (χ3v) is 3.26. The summed E-state index contributed by atoms with van der Waals surface area (Å²) in [5, 5.41) is 2.78. The van der Waals surface area contributed by atoms with Gasteiger partial charge in [-0.15, -0.1) is 0 Å². The lowest BCUT2D eigenvalue weighted by Crippen LogP contribution is -2.59. The summed E-state index contributed by atoms with van der Waals surface area (Å²) in [7, 11) is 3.36. The van der Waals surface area contributed by atoms with E-state index >= 15 is 0 Å². The van der Waals surface area contributed by atoms with Gasteiger partial charge in [-0.1, -0.05) is 13.8 Å². The molecule has 0 bridgehead atoms. The predicted octanol–water partition coefficient (Wildman–Crippen LogP) is -0.277. The van der Waals surface area contributed by atoms with E-state index in [0.29, 0.717) is 25.4 Å². The highest BCUT2D eigenvalue weighted by Crippen LogP contribution is 2.16. The largest absolute Gasteiger partial charge is 0.379 e. The molecule has 1 saturated heterocycles. The fraction of sp³-hybridized carbons (Fsp3) is 0.846. The zero-order valence-corrected chi connectivity index (χ0v) is 12.2. The molecule has 6 heteroatoms. The zero-order valence-electron chi connectivity index (χ0n) is 12.2. The molecule has 110 valence electrons. The lowest BCUT2D eigenvalue weighted by atomic mass is 9.96. The Labute approximate surface area is 114 Å². The summed E-state index contributed by atoms with van der Waals surface area (Å²) in [4.78, 5) is 25.8. The number of nitrogens with zero attached hydrogens (tertiary/aromatic N) is 1. The minimum Gasteiger partial charge on any atom is -0.379 e. The van der Waals surface area contributed by atoms with Gasteiger partial charge in [-0.05, 0) is 18.8 Å². The van der Waals surface area contributed by atoms with E-state index < -0.39 is 11.6 Å². The van der Waals surface area contributed by atoms with Crippen LogP contribution in [-0.4, -0.2) is 55.6 Å². The van der Waals surface area contributed by atoms with Crippen LogP contribution in [0.5, 0.6) is 0 Å². The van der Waals surface area contributed by atoms with Crippen molar-refractivity contribution in [1.29, 1.82) is 0 Å². The van der Waals surface area contributed by atoms with E-state index in [1.54, 1.807) is 14.1 Å². The van der Waals surface area contributed by atoms with E-state index in [0.717, 1.165) is 0 Å². The summed E-state index contributed by atoms with van der Waals surface area (Å²) >= 11 is 0. The minimum atomic E-state index is -0.998. The van der Waals surface area contributed by atoms with Gasteiger partial charge in [-0.3, -0.25) is 9.59 Å². The maximum absolute atomic E-state index is 12.2. The zero-order chi connectivity index (χ0) is 14.6. The van der Waals surface area contributed by atoms with Crippen LogP contribution in [-0.2, 0) is 14.3 Å². The standard InChI is InChI=1S/C13H25N3O3/c1-9(2)7-10(11(17)16(3)4)15-12(18)13(14)5-6-19-8-13/h9-10H,5-8,14H2,1-4H3,(H,15,18). The van der Waals surface area contributed by atoms with Gasteiger partial charge in [0.25, 0.3) is 0 Å². The Bertz CT molecular complexity index is 336. The van der Waals surface area contributed by atoms with Crippen LogP contribution in [0, 0.1) is 5.92 Å². The highest BCUT2D eigenvalue weighted by atomic mass is 16.5. The fourth-order valence-electron chi connectivity index (χ4n) is 2.07. The van der Waals surface area contributed by atoms with Gasteiger partial charge in [0, 0.05) is 20.7 Å². The van der Waals surface area contributed by atoms with Crippen molar-refractivity contribution in [2.45, 2.75) is 38.3 Å². The molecule has 0 spiro atoms. The first-order chi connectivity index (χ1) is 8.76. The normalized spacial score (nSPS) is 24.3. The van der Waals surface area contributed by atoms with Crippen molar-refractivity contribution >= 4 is 11.8 Å². The Morgan fingerprint density at radius 1 is 1.42 bits per heavy atom. The van der Waals surface area contributed by atoms with Gasteiger partial charge >= 0.3 is 0 Å². The van der Waals surface area contributed by atoms with Gasteiger partial charge in [0.05, 0.1) is 6.61 Å². The second-order valence-electron chi connectivity index (χ2n) is 5.85. The van der Waals surface area contributed by atoms with Crippen LogP contribution in [0.3, 0.4) is 0 Å². The first kappa shape index (κ1) is 15.9. The number of hydrogen-bond donors (Lipinski definition) is 2. The second-order valence-corrected chi connectivity index (χ2v) is 5.85. The monoisotopic (exact) mass is 271 g/mol. The van der Waals surface area contributed by atoms with Crippen LogP contribution in [0.25, 0.3) is 0 Å². The highest BCUT2D eigenvalue weighted by molar-refractivity contribution is 5.92. The molecule has 0 aromatic rings. The van der Waals surface area contributed by atoms with Gasteiger partial charge in [-0.2, -0.15) is 0 Å². The number of carbonyl (C=O) groups excluding carboxylic acids is 2. The van der Waals surface area contributed by atoms with Gasteiger partial charge in [0.15, 0.2) is 0 Å². The first-order valence-corrected chi connectivity index (χ1v) is 6.65. The number of likely N-dealkylation sites (N-methyl/N-ethyl adjacent to an activating group) is 1. The summed E-state index contributed by atoms with van der Waals surface area (Å²) in [6, 6.07) is -0.525. The topological polar surface area (TPSA) is 84.7 Å². The van der Waals surface area contributed by atoms with E-state index in [2.05, 4.69) is 5.32 Å². The number of amides is 2. The lowest BCUT2D eigenvalue weighted by molar-refractivity contribution is -0.136. The Hall–Kier alpha value is -1.14. The van der Waals surface area contributed by atoms with Crippen molar-refractivity contribution in [2.75, 3.05) is 27.3 Å². The first-order valence-electron chi connectivity index (χ1n) is 6.65. The molecule has 0 radical (unpaired) electrons. The van der Waals surface area contributed by atoms with Crippen molar-refractivity contribution in [3.8, 4) is 0 Å². The maximum atomic E-state index is 12.2. The number of hydrogen-bond acceptors (Lipinski definition) is 4. The average Bonchev–Trinajstić information content (AvgIpc) is 2.74. The van der Waals surface area contributed by atoms with E-state index in [-0.39, 0.29) is 18.4 Å². The molecule has 19 heavy (non-hydrogen) atoms. The second kappa shape index (κ2) is 6.34. The summed E-state index contributed by atoms with van der Waals surface area (Å²) in [5.74, 6) is -0.0989. The molecule has 1 heterocycles. The Morgan fingerprint density at radius 3 is 2.47 bits per heavy atom. The molecule has 2 unspecified atom stereocenters. The molecule has 0 aromatic carbocycles. The van der Waals surface area contributed by atoms with Crippen molar-refractivity contribution in [1.82, 2.24) is 10.2 Å². The molecule has 1 aliphatic heterocycles. The Morgan fingerprint density at radius 2 is 2.05 bits per heavy atom. The molecule has 0 aliphatic carbocycles. The molecule has 1 fully saturated rings. The quantitative estimate of drug-likeness (QED) is 0.720. The maximum Gasteiger partial charge on any atom is 0.244 e. The lowest BCUT2D eigenvalue weighted by Gasteiger charge is -2.27. The van der Waals surface area contributed by atoms with Crippen LogP contribution >= 0.6 is 0 Å². The van der Waals surface area contributed by atoms with E-state index in [1.165, 1.54) is 4.90 Å². The van der Waals surface area contributed by atoms with Crippen molar-refractivity contribution in [3.05, 3.63) is 0 Å². The van der Waals surface area contributed by atoms with Crippen molar-refractivity contribution in [3.63, 3.8) is 0 Å². The van der Waals surface area contributed by atoms with Gasteiger partial charge in [-0.25, -0.2) is 0 Å². The molecular weight excluding hydrogens is 246 g/mol. The van der Waals surface area contributed by atoms with E-state index in [4.69, 9.17) is 10.5 Å². The van der Waals surface area contributed by atoms with Crippen molar-refractivity contribution in [2.24, 2.45) is 11.7 Å². The molecular formula is C13H25N3O3. The molecule has 1 rings (SSSR count). The predicted molar refractivity (Wildman–Crippen MR) is 72.4 cm³/mol. The van der Waals surface area contributed by atoms with Gasteiger partial charge in [0.1, 0.15) is 11.6 Å². The Kier molecular flexibility index (Phi) is 5.31. The average molecular weight is 271 g/mol. The molecule has 1 aliphatic rings. The van der Waals surface area contributed by atoms with Crippen molar-refractivity contribution < 1.29 is 14.3 Å². The Balaban J connectivity index is 2.71. The molecule has 2 amide bonds. The van der Waals surface area contributed by atoms with Crippen LogP contribution in [0.2, 0.25) is 0 Å². The molecule has 0 saturated carbocycles. The third kappa shape index (κ3) is 4.18. The molecule has 3 N–H and O–H groups in total. The summed E-state index contributed by atoms with van der Waals surface area (Å²) in [6.45, 7) is 4.72. The van der Waals surface area contributed by atoms with Crippen LogP contribution < -0.4 is 11.1 Å². The number of ether oxygens (including phenoxy) is 1. The molecule has 0 aromatic heterocycles. The fourth-order valence-corrected chi connectivity index (χ4v) is 2.07. The summed E-state index contributed by atoms with van der Waals surface area (Å²) in [6.07, 6.45) is 1.09. The van der Waals surface area contributed by atoms with Crippen LogP contribution in [0.15, 0.2) is 0 Å². The highest BCUT2D eigenvalue weighted by Gasteiger charge is 2.40. The third-order valence-electron chi connectivity index (χ3n) is 3.26. The van der Waals surface area contributed by atoms with Crippen LogP contribution in [0.4, 0.5) is 0 Å². The molecule has 2 atom stereocenters. The minimum absolute atomic E-state index is 0.107. The SMILES string of the molecule is CC(C)CC(NC(=O)C1(N)CCOC1)C(=O)N(C)C. The number of carbonyl (C=O) groups is 2. The van der Waals surface area contributed by atoms with Gasteiger partial charge < -0.3 is 20.7 Å². The number of rotatable bonds is 5. The number of nitrogens with one attached hydrogen (secondary N) is 1. The summed E-state index contributed by atoms with van der Waals surface area (Å²) in [5.41, 5.74) is 5.00. The summed E-state index contributed by atoms with van der Waals surface area (Å²) < 4.78 is 5.17. The van der Waals surface area contributed by atoms with Gasteiger partial charge in [0.2, 0.25) is 11.8 Å². The van der Waals surface area contributed by atoms with Crippen LogP contribution in [0.1, 0.15) is 26.7 Å². The van der Waals surface area contributed by atoms with E-state index in [9.17, 15) is 9.59 Å². The van der Waals surface area contributed by atoms with E-state index in [1.807, 2.05) is 13.8 Å². The smallest absolute Gasteiger partial charge is 0.244 e. The molecule has 6 nitrogen and oxygen atoms in total. The number of nitrogens with two attached hydrogens (primary N) is 1.